The fraction of sp³-hybridized carbons (Fsp3) is 0. The van der Waals surface area contributed by atoms with Crippen LogP contribution in [0.2, 0.25) is 0 Å². The molecule has 0 unspecified atom stereocenters. The monoisotopic (exact) mass is 202 g/mol. The van der Waals surface area contributed by atoms with Crippen LogP contribution in [-0.2, 0) is 0 Å². The van der Waals surface area contributed by atoms with Crippen molar-refractivity contribution >= 4 is 11.0 Å². The molecule has 0 saturated carbocycles. The second kappa shape index (κ2) is 2.77. The average molecular weight is 202 g/mol. The van der Waals surface area contributed by atoms with E-state index in [-0.39, 0.29) is 5.56 Å². The van der Waals surface area contributed by atoms with Crippen LogP contribution in [0.3, 0.4) is 0 Å². The van der Waals surface area contributed by atoms with Crippen molar-refractivity contribution in [3.63, 3.8) is 0 Å². The van der Waals surface area contributed by atoms with Crippen LogP contribution >= 0.6 is 0 Å². The Morgan fingerprint density at radius 3 is 3.07 bits per heavy atom. The second-order valence-corrected chi connectivity index (χ2v) is 3.00. The van der Waals surface area contributed by atoms with Crippen LogP contribution < -0.4 is 5.56 Å². The van der Waals surface area contributed by atoms with Gasteiger partial charge >= 0.3 is 0 Å². The highest BCUT2D eigenvalue weighted by Gasteiger charge is 2.07. The summed E-state index contributed by atoms with van der Waals surface area (Å²) in [5.74, 6) is 0.415. The zero-order chi connectivity index (χ0) is 10.3. The van der Waals surface area contributed by atoms with Crippen LogP contribution in [0.15, 0.2) is 23.5 Å². The number of nitrogens with zero attached hydrogens (tertiary/aromatic N) is 3. The minimum atomic E-state index is -0.230. The van der Waals surface area contributed by atoms with Crippen molar-refractivity contribution in [3.05, 3.63) is 29.1 Å². The minimum Gasteiger partial charge on any atom is -0.350 e. The molecule has 0 aromatic carbocycles. The van der Waals surface area contributed by atoms with Gasteiger partial charge in [-0.2, -0.15) is 5.10 Å². The maximum atomic E-state index is 11.6. The highest BCUT2D eigenvalue weighted by Crippen LogP contribution is 2.10. The molecule has 7 nitrogen and oxygen atoms in total. The summed E-state index contributed by atoms with van der Waals surface area (Å²) in [5, 5.41) is 6.83. The molecule has 0 aliphatic rings. The van der Waals surface area contributed by atoms with E-state index in [4.69, 9.17) is 0 Å². The molecule has 0 atom stereocenters. The first-order valence-electron chi connectivity index (χ1n) is 4.27. The van der Waals surface area contributed by atoms with Gasteiger partial charge in [0.2, 0.25) is 0 Å². The van der Waals surface area contributed by atoms with Crippen molar-refractivity contribution in [3.8, 4) is 11.5 Å². The van der Waals surface area contributed by atoms with Crippen LogP contribution in [0.5, 0.6) is 0 Å². The summed E-state index contributed by atoms with van der Waals surface area (Å²) >= 11 is 0. The molecule has 74 valence electrons. The van der Waals surface area contributed by atoms with E-state index in [1.165, 1.54) is 12.5 Å². The molecule has 3 N–H and O–H groups in total. The summed E-state index contributed by atoms with van der Waals surface area (Å²) in [4.78, 5) is 25.2. The lowest BCUT2D eigenvalue weighted by molar-refractivity contribution is 1.08. The Hall–Kier alpha value is -2.44. The molecule has 0 aliphatic heterocycles. The molecule has 3 aromatic rings. The van der Waals surface area contributed by atoms with E-state index in [0.717, 1.165) is 0 Å². The molecular weight excluding hydrogens is 196 g/mol. The summed E-state index contributed by atoms with van der Waals surface area (Å²) in [7, 11) is 0. The van der Waals surface area contributed by atoms with Gasteiger partial charge in [-0.1, -0.05) is 0 Å². The van der Waals surface area contributed by atoms with Crippen LogP contribution in [0, 0.1) is 0 Å². The molecule has 0 aliphatic carbocycles. The van der Waals surface area contributed by atoms with Crippen LogP contribution in [-0.4, -0.2) is 30.1 Å². The van der Waals surface area contributed by atoms with E-state index in [2.05, 4.69) is 30.1 Å². The number of nitrogens with one attached hydrogen (secondary N) is 3. The molecule has 15 heavy (non-hydrogen) atoms. The Morgan fingerprint density at radius 2 is 2.27 bits per heavy atom. The average Bonchev–Trinajstić information content (AvgIpc) is 2.88. The lowest BCUT2D eigenvalue weighted by Gasteiger charge is -1.94. The van der Waals surface area contributed by atoms with Gasteiger partial charge < -0.3 is 9.97 Å². The van der Waals surface area contributed by atoms with Gasteiger partial charge in [0.15, 0.2) is 11.5 Å². The van der Waals surface area contributed by atoms with Crippen molar-refractivity contribution in [2.75, 3.05) is 0 Å². The summed E-state index contributed by atoms with van der Waals surface area (Å²) in [5.41, 5.74) is 0.812. The Morgan fingerprint density at radius 1 is 1.33 bits per heavy atom. The number of imidazole rings is 1. The van der Waals surface area contributed by atoms with Crippen molar-refractivity contribution in [2.45, 2.75) is 0 Å². The highest BCUT2D eigenvalue weighted by atomic mass is 16.1. The quantitative estimate of drug-likeness (QED) is 0.518. The van der Waals surface area contributed by atoms with E-state index in [0.29, 0.717) is 22.6 Å². The Bertz CT molecular complexity index is 649. The zero-order valence-corrected chi connectivity index (χ0v) is 7.48. The number of aromatic amines is 3. The van der Waals surface area contributed by atoms with Gasteiger partial charge in [0.05, 0.1) is 12.5 Å². The van der Waals surface area contributed by atoms with Crippen LogP contribution in [0.4, 0.5) is 0 Å². The van der Waals surface area contributed by atoms with Gasteiger partial charge in [-0.3, -0.25) is 9.89 Å². The Balaban J connectivity index is 2.34. The normalized spacial score (nSPS) is 10.9. The fourth-order valence-electron chi connectivity index (χ4n) is 1.36. The van der Waals surface area contributed by atoms with E-state index < -0.39 is 0 Å². The maximum absolute atomic E-state index is 11.6. The second-order valence-electron chi connectivity index (χ2n) is 3.00. The third-order valence-corrected chi connectivity index (χ3v) is 2.06. The number of hydrogen-bond donors (Lipinski definition) is 3. The van der Waals surface area contributed by atoms with E-state index in [1.54, 1.807) is 6.20 Å². The number of aromatic nitrogens is 6. The molecular formula is C8H6N6O. The van der Waals surface area contributed by atoms with Crippen molar-refractivity contribution in [2.24, 2.45) is 0 Å². The lowest BCUT2D eigenvalue weighted by Crippen LogP contribution is -2.08. The Labute approximate surface area is 82.6 Å². The van der Waals surface area contributed by atoms with Gasteiger partial charge in [0.25, 0.3) is 5.56 Å². The molecule has 0 amide bonds. The summed E-state index contributed by atoms with van der Waals surface area (Å²) in [6, 6.07) is 0. The fourth-order valence-corrected chi connectivity index (χ4v) is 1.36. The first kappa shape index (κ1) is 7.92. The van der Waals surface area contributed by atoms with Crippen LogP contribution in [0.1, 0.15) is 0 Å². The number of H-pyrrole nitrogens is 3. The third-order valence-electron chi connectivity index (χ3n) is 2.06. The summed E-state index contributed by atoms with van der Waals surface area (Å²) < 4.78 is 0. The summed E-state index contributed by atoms with van der Waals surface area (Å²) in [6.07, 6.45) is 4.61. The van der Waals surface area contributed by atoms with Crippen molar-refractivity contribution in [1.82, 2.24) is 30.1 Å². The van der Waals surface area contributed by atoms with Crippen molar-refractivity contribution in [1.29, 1.82) is 0 Å². The minimum absolute atomic E-state index is 0.230. The molecule has 0 spiro atoms. The number of rotatable bonds is 1. The molecule has 3 aromatic heterocycles. The SMILES string of the molecule is O=c1[nH]c(-c2c[nH]cn2)nc2[nH]ncc12. The largest absolute Gasteiger partial charge is 0.350 e. The molecule has 3 rings (SSSR count). The first-order chi connectivity index (χ1) is 7.34. The predicted octanol–water partition coefficient (Wildman–Crippen LogP) is 0.0363. The smallest absolute Gasteiger partial charge is 0.262 e. The molecule has 3 heterocycles. The van der Waals surface area contributed by atoms with Gasteiger partial charge in [0, 0.05) is 6.20 Å². The van der Waals surface area contributed by atoms with Gasteiger partial charge in [-0.25, -0.2) is 9.97 Å². The third kappa shape index (κ3) is 1.13. The molecule has 0 fully saturated rings. The molecule has 7 heteroatoms. The molecule has 0 radical (unpaired) electrons. The molecule has 0 bridgehead atoms. The lowest BCUT2D eigenvalue weighted by atomic mass is 10.4. The molecule has 0 saturated heterocycles. The zero-order valence-electron chi connectivity index (χ0n) is 7.48. The van der Waals surface area contributed by atoms with Gasteiger partial charge in [-0.05, 0) is 0 Å². The number of fused-ring (bicyclic) bond motifs is 1. The standard InChI is InChI=1S/C8H6N6O/c15-8-4-1-11-14-6(4)12-7(13-8)5-2-9-3-10-5/h1-3H,(H,9,10)(H2,11,12,13,14,15). The predicted molar refractivity (Wildman–Crippen MR) is 52.1 cm³/mol. The van der Waals surface area contributed by atoms with E-state index in [9.17, 15) is 4.79 Å². The van der Waals surface area contributed by atoms with Gasteiger partial charge in [0.1, 0.15) is 11.1 Å². The van der Waals surface area contributed by atoms with Crippen LogP contribution in [0.25, 0.3) is 22.6 Å². The van der Waals surface area contributed by atoms with E-state index >= 15 is 0 Å². The van der Waals surface area contributed by atoms with Crippen molar-refractivity contribution < 1.29 is 0 Å². The van der Waals surface area contributed by atoms with Gasteiger partial charge in [-0.15, -0.1) is 0 Å². The number of hydrogen-bond acceptors (Lipinski definition) is 4. The Kier molecular flexibility index (Phi) is 1.46. The summed E-state index contributed by atoms with van der Waals surface area (Å²) in [6.45, 7) is 0. The first-order valence-corrected chi connectivity index (χ1v) is 4.27. The maximum Gasteiger partial charge on any atom is 0.262 e. The van der Waals surface area contributed by atoms with E-state index in [1.807, 2.05) is 0 Å². The topological polar surface area (TPSA) is 103 Å². The highest BCUT2D eigenvalue weighted by molar-refractivity contribution is 5.74.